The zero-order valence-corrected chi connectivity index (χ0v) is 19.6. The van der Waals surface area contributed by atoms with Crippen LogP contribution in [0.15, 0.2) is 12.3 Å². The van der Waals surface area contributed by atoms with E-state index in [1.165, 1.54) is 0 Å². The maximum atomic E-state index is 13.2. The normalized spacial score (nSPS) is 18.0. The highest BCUT2D eigenvalue weighted by Crippen LogP contribution is 2.40. The lowest BCUT2D eigenvalue weighted by atomic mass is 9.79. The van der Waals surface area contributed by atoms with Gasteiger partial charge in [-0.25, -0.2) is 9.67 Å². The molecular weight excluding hydrogens is 425 g/mol. The molecule has 4 rings (SSSR count). The van der Waals surface area contributed by atoms with Gasteiger partial charge in [-0.1, -0.05) is 0 Å². The minimum atomic E-state index is -0.0355. The van der Waals surface area contributed by atoms with E-state index in [-0.39, 0.29) is 42.2 Å². The molecule has 2 fully saturated rings. The smallest absolute Gasteiger partial charge is 0.252 e. The number of hydrogen-bond acceptors (Lipinski definition) is 5. The van der Waals surface area contributed by atoms with Crippen LogP contribution in [0.4, 0.5) is 0 Å². The van der Waals surface area contributed by atoms with E-state index < -0.39 is 0 Å². The first kappa shape index (κ1) is 24.9. The van der Waals surface area contributed by atoms with Gasteiger partial charge in [0.05, 0.1) is 23.8 Å². The fourth-order valence-electron chi connectivity index (χ4n) is 4.19. The predicted octanol–water partition coefficient (Wildman–Crippen LogP) is 3.48. The molecule has 0 aromatic carbocycles. The Morgan fingerprint density at radius 2 is 2.03 bits per heavy atom. The standard InChI is InChI=1S/C21H31N5O2.2ClH/c1-14(2)26-19-17(11-24-26)16(10-18(25-19)15-4-5-15)20(27)23-12-21(13-28-3)6-8-22-9-7-21;;/h10-11,14-15,22H,4-9,12-13H2,1-3H3,(H,23,27);2*1H. The van der Waals surface area contributed by atoms with E-state index >= 15 is 0 Å². The second-order valence-electron chi connectivity index (χ2n) is 8.65. The van der Waals surface area contributed by atoms with Crippen LogP contribution in [0, 0.1) is 5.41 Å². The Hall–Kier alpha value is -1.41. The number of carbonyl (C=O) groups excluding carboxylic acids is 1. The van der Waals surface area contributed by atoms with Gasteiger partial charge in [-0.2, -0.15) is 5.10 Å². The molecule has 2 aromatic rings. The van der Waals surface area contributed by atoms with E-state index in [1.807, 2.05) is 10.7 Å². The summed E-state index contributed by atoms with van der Waals surface area (Å²) >= 11 is 0. The van der Waals surface area contributed by atoms with Crippen LogP contribution in [-0.2, 0) is 4.74 Å². The van der Waals surface area contributed by atoms with E-state index in [9.17, 15) is 4.79 Å². The summed E-state index contributed by atoms with van der Waals surface area (Å²) in [4.78, 5) is 18.0. The molecule has 168 valence electrons. The van der Waals surface area contributed by atoms with Crippen LogP contribution in [0.2, 0.25) is 0 Å². The van der Waals surface area contributed by atoms with Crippen molar-refractivity contribution in [2.24, 2.45) is 5.41 Å². The number of rotatable bonds is 7. The van der Waals surface area contributed by atoms with E-state index in [0.29, 0.717) is 24.6 Å². The van der Waals surface area contributed by atoms with Gasteiger partial charge in [0.25, 0.3) is 5.91 Å². The van der Waals surface area contributed by atoms with Crippen molar-refractivity contribution in [1.82, 2.24) is 25.4 Å². The summed E-state index contributed by atoms with van der Waals surface area (Å²) in [6.07, 6.45) is 6.10. The first-order chi connectivity index (χ1) is 13.5. The summed E-state index contributed by atoms with van der Waals surface area (Å²) in [5.74, 6) is 0.447. The summed E-state index contributed by atoms with van der Waals surface area (Å²) < 4.78 is 7.39. The zero-order valence-electron chi connectivity index (χ0n) is 17.9. The fourth-order valence-corrected chi connectivity index (χ4v) is 4.19. The molecule has 2 aromatic heterocycles. The summed E-state index contributed by atoms with van der Waals surface area (Å²) in [5.41, 5.74) is 2.54. The molecule has 30 heavy (non-hydrogen) atoms. The SMILES string of the molecule is COCC1(CNC(=O)c2cc(C3CC3)nc3c2cnn3C(C)C)CCNCC1.Cl.Cl. The molecule has 9 heteroatoms. The lowest BCUT2D eigenvalue weighted by Crippen LogP contribution is -2.47. The molecule has 1 aliphatic heterocycles. The van der Waals surface area contributed by atoms with Gasteiger partial charge in [0.15, 0.2) is 5.65 Å². The number of ether oxygens (including phenoxy) is 1. The van der Waals surface area contributed by atoms with Crippen LogP contribution in [0.5, 0.6) is 0 Å². The van der Waals surface area contributed by atoms with Crippen LogP contribution in [0.3, 0.4) is 0 Å². The van der Waals surface area contributed by atoms with E-state index in [2.05, 4.69) is 29.6 Å². The van der Waals surface area contributed by atoms with Crippen LogP contribution >= 0.6 is 24.8 Å². The van der Waals surface area contributed by atoms with Crippen molar-refractivity contribution < 1.29 is 9.53 Å². The number of carbonyl (C=O) groups is 1. The molecule has 1 aliphatic carbocycles. The minimum Gasteiger partial charge on any atom is -0.384 e. The van der Waals surface area contributed by atoms with Crippen molar-refractivity contribution in [3.63, 3.8) is 0 Å². The Kier molecular flexibility index (Phi) is 8.51. The van der Waals surface area contributed by atoms with Crippen molar-refractivity contribution in [3.05, 3.63) is 23.5 Å². The largest absolute Gasteiger partial charge is 0.384 e. The fraction of sp³-hybridized carbons (Fsp3) is 0.667. The van der Waals surface area contributed by atoms with E-state index in [0.717, 1.165) is 55.5 Å². The summed E-state index contributed by atoms with van der Waals surface area (Å²) in [6, 6.07) is 2.18. The zero-order chi connectivity index (χ0) is 19.7. The van der Waals surface area contributed by atoms with Gasteiger partial charge >= 0.3 is 0 Å². The number of nitrogens with one attached hydrogen (secondary N) is 2. The highest BCUT2D eigenvalue weighted by atomic mass is 35.5. The van der Waals surface area contributed by atoms with Crippen LogP contribution in [0.1, 0.15) is 67.5 Å². The molecule has 3 heterocycles. The molecule has 0 radical (unpaired) electrons. The van der Waals surface area contributed by atoms with E-state index in [4.69, 9.17) is 9.72 Å². The number of methoxy groups -OCH3 is 1. The number of amides is 1. The predicted molar refractivity (Wildman–Crippen MR) is 123 cm³/mol. The van der Waals surface area contributed by atoms with Crippen LogP contribution in [-0.4, -0.2) is 54.0 Å². The van der Waals surface area contributed by atoms with Gasteiger partial charge in [0.2, 0.25) is 0 Å². The van der Waals surface area contributed by atoms with Crippen molar-refractivity contribution in [1.29, 1.82) is 0 Å². The van der Waals surface area contributed by atoms with Crippen molar-refractivity contribution in [2.45, 2.75) is 51.5 Å². The molecule has 7 nitrogen and oxygen atoms in total. The Morgan fingerprint density at radius 3 is 2.63 bits per heavy atom. The first-order valence-corrected chi connectivity index (χ1v) is 10.4. The van der Waals surface area contributed by atoms with Gasteiger partial charge < -0.3 is 15.4 Å². The summed E-state index contributed by atoms with van der Waals surface area (Å²) in [6.45, 7) is 7.39. The van der Waals surface area contributed by atoms with Gasteiger partial charge in [0.1, 0.15) is 0 Å². The van der Waals surface area contributed by atoms with Gasteiger partial charge in [-0.05, 0) is 58.7 Å². The van der Waals surface area contributed by atoms with E-state index in [1.54, 1.807) is 13.3 Å². The lowest BCUT2D eigenvalue weighted by Gasteiger charge is -2.37. The molecule has 0 bridgehead atoms. The van der Waals surface area contributed by atoms with Crippen molar-refractivity contribution >= 4 is 41.8 Å². The van der Waals surface area contributed by atoms with Gasteiger partial charge in [-0.3, -0.25) is 4.79 Å². The third-order valence-electron chi connectivity index (χ3n) is 6.05. The van der Waals surface area contributed by atoms with Crippen LogP contribution in [0.25, 0.3) is 11.0 Å². The summed E-state index contributed by atoms with van der Waals surface area (Å²) in [7, 11) is 1.74. The topological polar surface area (TPSA) is 81.1 Å². The Bertz CT molecular complexity index is 855. The third-order valence-corrected chi connectivity index (χ3v) is 6.05. The molecule has 1 saturated carbocycles. The maximum Gasteiger partial charge on any atom is 0.252 e. The average Bonchev–Trinajstić information content (AvgIpc) is 3.45. The average molecular weight is 458 g/mol. The monoisotopic (exact) mass is 457 g/mol. The maximum absolute atomic E-state index is 13.2. The molecule has 0 atom stereocenters. The number of pyridine rings is 1. The minimum absolute atomic E-state index is 0. The number of piperidine rings is 1. The van der Waals surface area contributed by atoms with Gasteiger partial charge in [0, 0.05) is 36.7 Å². The molecule has 2 aliphatic rings. The highest BCUT2D eigenvalue weighted by Gasteiger charge is 2.33. The Morgan fingerprint density at radius 1 is 1.33 bits per heavy atom. The number of nitrogens with zero attached hydrogens (tertiary/aromatic N) is 3. The lowest BCUT2D eigenvalue weighted by molar-refractivity contribution is 0.0512. The molecule has 0 unspecified atom stereocenters. The van der Waals surface area contributed by atoms with Gasteiger partial charge in [-0.15, -0.1) is 24.8 Å². The Balaban J connectivity index is 0.00000160. The molecule has 0 spiro atoms. The quantitative estimate of drug-likeness (QED) is 0.664. The third kappa shape index (κ3) is 5.07. The number of halogens is 2. The molecule has 1 saturated heterocycles. The highest BCUT2D eigenvalue weighted by molar-refractivity contribution is 6.05. The molecule has 2 N–H and O–H groups in total. The van der Waals surface area contributed by atoms with Crippen molar-refractivity contribution in [3.8, 4) is 0 Å². The second kappa shape index (κ2) is 10.3. The second-order valence-corrected chi connectivity index (χ2v) is 8.65. The number of aromatic nitrogens is 3. The Labute approximate surface area is 190 Å². The first-order valence-electron chi connectivity index (χ1n) is 10.4. The number of hydrogen-bond donors (Lipinski definition) is 2. The number of fused-ring (bicyclic) bond motifs is 1. The summed E-state index contributed by atoms with van der Waals surface area (Å²) in [5, 5.41) is 11.9. The van der Waals surface area contributed by atoms with Crippen LogP contribution < -0.4 is 10.6 Å². The molecular formula is C21H33Cl2N5O2. The van der Waals surface area contributed by atoms with Crippen molar-refractivity contribution in [2.75, 3.05) is 33.4 Å². The molecule has 1 amide bonds.